The first-order valence-corrected chi connectivity index (χ1v) is 8.50. The normalized spacial score (nSPS) is 16.1. The molecule has 1 aliphatic rings. The van der Waals surface area contributed by atoms with Gasteiger partial charge in [-0.25, -0.2) is 4.98 Å². The predicted molar refractivity (Wildman–Crippen MR) is 90.3 cm³/mol. The molecule has 3 rings (SSSR count). The van der Waals surface area contributed by atoms with Crippen LogP contribution in [0.25, 0.3) is 10.9 Å². The van der Waals surface area contributed by atoms with Gasteiger partial charge in [-0.3, -0.25) is 9.59 Å². The minimum Gasteiger partial charge on any atom is -0.343 e. The fourth-order valence-electron chi connectivity index (χ4n) is 3.13. The van der Waals surface area contributed by atoms with Crippen LogP contribution in [-0.2, 0) is 11.2 Å². The molecule has 0 unspecified atom stereocenters. The van der Waals surface area contributed by atoms with Gasteiger partial charge in [-0.15, -0.1) is 0 Å². The van der Waals surface area contributed by atoms with Crippen molar-refractivity contribution >= 4 is 16.8 Å². The minimum absolute atomic E-state index is 0.135. The molecule has 122 valence electrons. The van der Waals surface area contributed by atoms with E-state index in [9.17, 15) is 9.59 Å². The van der Waals surface area contributed by atoms with E-state index in [0.717, 1.165) is 25.9 Å². The standard InChI is InChI=1S/C18H23N3O2/c22-17(21-12-6-2-1-3-7-13-21)11-10-16-19-15-9-5-4-8-14(15)18(23)20-16/h4-5,8-9H,1-3,6-7,10-13H2,(H,19,20,23). The number of para-hydroxylation sites is 1. The number of aromatic amines is 1. The molecule has 1 aromatic carbocycles. The lowest BCUT2D eigenvalue weighted by atomic mass is 10.1. The molecule has 1 aromatic heterocycles. The Morgan fingerprint density at radius 3 is 2.57 bits per heavy atom. The molecule has 0 saturated carbocycles. The molecule has 1 saturated heterocycles. The monoisotopic (exact) mass is 313 g/mol. The number of likely N-dealkylation sites (tertiary alicyclic amines) is 1. The molecule has 23 heavy (non-hydrogen) atoms. The third kappa shape index (κ3) is 3.97. The average Bonchev–Trinajstić information content (AvgIpc) is 2.52. The van der Waals surface area contributed by atoms with Crippen LogP contribution < -0.4 is 5.56 Å². The largest absolute Gasteiger partial charge is 0.343 e. The number of amides is 1. The summed E-state index contributed by atoms with van der Waals surface area (Å²) in [6.07, 6.45) is 6.78. The maximum atomic E-state index is 12.4. The van der Waals surface area contributed by atoms with E-state index >= 15 is 0 Å². The molecule has 0 aliphatic carbocycles. The van der Waals surface area contributed by atoms with E-state index in [1.54, 1.807) is 6.07 Å². The van der Waals surface area contributed by atoms with Gasteiger partial charge in [0.2, 0.25) is 5.91 Å². The summed E-state index contributed by atoms with van der Waals surface area (Å²) in [5, 5.41) is 0.589. The lowest BCUT2D eigenvalue weighted by Gasteiger charge is -2.24. The highest BCUT2D eigenvalue weighted by Gasteiger charge is 2.15. The molecule has 1 fully saturated rings. The van der Waals surface area contributed by atoms with Crippen molar-refractivity contribution in [1.29, 1.82) is 0 Å². The number of aromatic nitrogens is 2. The number of hydrogen-bond acceptors (Lipinski definition) is 3. The van der Waals surface area contributed by atoms with Crippen LogP contribution in [0.2, 0.25) is 0 Å². The fraction of sp³-hybridized carbons (Fsp3) is 0.500. The number of H-pyrrole nitrogens is 1. The number of carbonyl (C=O) groups excluding carboxylic acids is 1. The van der Waals surface area contributed by atoms with Gasteiger partial charge in [-0.1, -0.05) is 31.4 Å². The van der Waals surface area contributed by atoms with Gasteiger partial charge in [0.05, 0.1) is 10.9 Å². The van der Waals surface area contributed by atoms with Gasteiger partial charge < -0.3 is 9.88 Å². The zero-order chi connectivity index (χ0) is 16.1. The first-order chi connectivity index (χ1) is 11.2. The lowest BCUT2D eigenvalue weighted by Crippen LogP contribution is -2.34. The van der Waals surface area contributed by atoms with Crippen molar-refractivity contribution in [3.05, 3.63) is 40.4 Å². The molecule has 0 radical (unpaired) electrons. The quantitative estimate of drug-likeness (QED) is 0.947. The van der Waals surface area contributed by atoms with Crippen LogP contribution >= 0.6 is 0 Å². The molecule has 0 bridgehead atoms. The van der Waals surface area contributed by atoms with Crippen LogP contribution in [0.5, 0.6) is 0 Å². The van der Waals surface area contributed by atoms with Crippen molar-refractivity contribution in [3.8, 4) is 0 Å². The summed E-state index contributed by atoms with van der Waals surface area (Å²) >= 11 is 0. The van der Waals surface area contributed by atoms with E-state index in [1.165, 1.54) is 19.3 Å². The van der Waals surface area contributed by atoms with E-state index in [2.05, 4.69) is 9.97 Å². The van der Waals surface area contributed by atoms with Gasteiger partial charge >= 0.3 is 0 Å². The number of rotatable bonds is 3. The Morgan fingerprint density at radius 1 is 1.09 bits per heavy atom. The highest BCUT2D eigenvalue weighted by molar-refractivity contribution is 5.78. The van der Waals surface area contributed by atoms with Gasteiger partial charge in [0, 0.05) is 25.9 Å². The van der Waals surface area contributed by atoms with Crippen molar-refractivity contribution in [2.75, 3.05) is 13.1 Å². The molecular weight excluding hydrogens is 290 g/mol. The second-order valence-electron chi connectivity index (χ2n) is 6.18. The van der Waals surface area contributed by atoms with Crippen molar-refractivity contribution in [1.82, 2.24) is 14.9 Å². The van der Waals surface area contributed by atoms with E-state index in [-0.39, 0.29) is 11.5 Å². The molecule has 5 nitrogen and oxygen atoms in total. The summed E-state index contributed by atoms with van der Waals surface area (Å²) in [6.45, 7) is 1.72. The molecule has 2 heterocycles. The molecule has 0 atom stereocenters. The van der Waals surface area contributed by atoms with E-state index in [0.29, 0.717) is 29.6 Å². The Morgan fingerprint density at radius 2 is 1.78 bits per heavy atom. The summed E-state index contributed by atoms with van der Waals surface area (Å²) in [4.78, 5) is 33.7. The summed E-state index contributed by atoms with van der Waals surface area (Å²) < 4.78 is 0. The number of benzene rings is 1. The maximum absolute atomic E-state index is 12.4. The van der Waals surface area contributed by atoms with Crippen LogP contribution in [0, 0.1) is 0 Å². The number of fused-ring (bicyclic) bond motifs is 1. The second kappa shape index (κ2) is 7.40. The van der Waals surface area contributed by atoms with Crippen LogP contribution in [0.3, 0.4) is 0 Å². The van der Waals surface area contributed by atoms with Crippen LogP contribution in [0.1, 0.15) is 44.3 Å². The Hall–Kier alpha value is -2.17. The highest BCUT2D eigenvalue weighted by Crippen LogP contribution is 2.12. The molecule has 2 aromatic rings. The number of carbonyl (C=O) groups is 1. The fourth-order valence-corrected chi connectivity index (χ4v) is 3.13. The number of aryl methyl sites for hydroxylation is 1. The zero-order valence-corrected chi connectivity index (χ0v) is 13.4. The number of hydrogen-bond donors (Lipinski definition) is 1. The van der Waals surface area contributed by atoms with E-state index < -0.39 is 0 Å². The Bertz CT molecular complexity index is 730. The third-order valence-electron chi connectivity index (χ3n) is 4.45. The highest BCUT2D eigenvalue weighted by atomic mass is 16.2. The molecule has 1 aliphatic heterocycles. The zero-order valence-electron chi connectivity index (χ0n) is 13.4. The molecule has 1 N–H and O–H groups in total. The first kappa shape index (κ1) is 15.7. The van der Waals surface area contributed by atoms with Gasteiger partial charge in [-0.2, -0.15) is 0 Å². The van der Waals surface area contributed by atoms with E-state index in [1.807, 2.05) is 23.1 Å². The Kier molecular flexibility index (Phi) is 5.05. The van der Waals surface area contributed by atoms with Gasteiger partial charge in [0.25, 0.3) is 5.56 Å². The van der Waals surface area contributed by atoms with Crippen LogP contribution in [0.15, 0.2) is 29.1 Å². The van der Waals surface area contributed by atoms with Gasteiger partial charge in [0.1, 0.15) is 5.82 Å². The van der Waals surface area contributed by atoms with Crippen molar-refractivity contribution in [2.24, 2.45) is 0 Å². The predicted octanol–water partition coefficient (Wildman–Crippen LogP) is 2.65. The Balaban J connectivity index is 1.65. The molecule has 0 spiro atoms. The summed E-state index contributed by atoms with van der Waals surface area (Å²) in [6, 6.07) is 7.28. The number of nitrogens with one attached hydrogen (secondary N) is 1. The van der Waals surface area contributed by atoms with Gasteiger partial charge in [-0.05, 0) is 25.0 Å². The minimum atomic E-state index is -0.135. The van der Waals surface area contributed by atoms with Gasteiger partial charge in [0.15, 0.2) is 0 Å². The SMILES string of the molecule is O=C(CCc1nc2ccccc2c(=O)[nH]1)N1CCCCCCC1. The average molecular weight is 313 g/mol. The Labute approximate surface area is 135 Å². The summed E-state index contributed by atoms with van der Waals surface area (Å²) in [5.41, 5.74) is 0.550. The van der Waals surface area contributed by atoms with Crippen LogP contribution in [0.4, 0.5) is 0 Å². The topological polar surface area (TPSA) is 66.1 Å². The molecular formula is C18H23N3O2. The van der Waals surface area contributed by atoms with Crippen molar-refractivity contribution in [3.63, 3.8) is 0 Å². The smallest absolute Gasteiger partial charge is 0.258 e. The van der Waals surface area contributed by atoms with Crippen LogP contribution in [-0.4, -0.2) is 33.9 Å². The summed E-state index contributed by atoms with van der Waals surface area (Å²) in [5.74, 6) is 0.761. The molecule has 5 heteroatoms. The summed E-state index contributed by atoms with van der Waals surface area (Å²) in [7, 11) is 0. The first-order valence-electron chi connectivity index (χ1n) is 8.50. The lowest BCUT2D eigenvalue weighted by molar-refractivity contribution is -0.131. The van der Waals surface area contributed by atoms with E-state index in [4.69, 9.17) is 0 Å². The third-order valence-corrected chi connectivity index (χ3v) is 4.45. The molecule has 1 amide bonds. The number of nitrogens with zero attached hydrogens (tertiary/aromatic N) is 2. The van der Waals surface area contributed by atoms with Crippen molar-refractivity contribution in [2.45, 2.75) is 44.9 Å². The second-order valence-corrected chi connectivity index (χ2v) is 6.18. The maximum Gasteiger partial charge on any atom is 0.258 e. The van der Waals surface area contributed by atoms with Crippen molar-refractivity contribution < 1.29 is 4.79 Å².